The molecule has 3 aromatic heterocycles. The summed E-state index contributed by atoms with van der Waals surface area (Å²) in [5.74, 6) is 0.542. The zero-order valence-electron chi connectivity index (χ0n) is 28.7. The highest BCUT2D eigenvalue weighted by atomic mass is 32.2. The average molecular weight is 706 g/mol. The number of methoxy groups -OCH3 is 1. The third kappa shape index (κ3) is 8.52. The lowest BCUT2D eigenvalue weighted by atomic mass is 9.78. The summed E-state index contributed by atoms with van der Waals surface area (Å²) < 4.78 is 46.9. The molecular formula is C39H42F3N3O2S2. The maximum Gasteiger partial charge on any atom is 0.417 e. The van der Waals surface area contributed by atoms with E-state index >= 15 is 0 Å². The molecule has 0 radical (unpaired) electrons. The molecule has 49 heavy (non-hydrogen) atoms. The van der Waals surface area contributed by atoms with Gasteiger partial charge in [-0.25, -0.2) is 0 Å². The van der Waals surface area contributed by atoms with E-state index in [-0.39, 0.29) is 10.7 Å². The summed E-state index contributed by atoms with van der Waals surface area (Å²) in [5, 5.41) is 1.14. The minimum atomic E-state index is -4.43. The molecule has 0 fully saturated rings. The van der Waals surface area contributed by atoms with Crippen LogP contribution in [0, 0.1) is 5.41 Å². The van der Waals surface area contributed by atoms with E-state index < -0.39 is 17.2 Å². The van der Waals surface area contributed by atoms with Crippen molar-refractivity contribution in [2.24, 2.45) is 5.41 Å². The molecule has 0 unspecified atom stereocenters. The smallest absolute Gasteiger partial charge is 0.417 e. The van der Waals surface area contributed by atoms with E-state index in [2.05, 4.69) is 53.5 Å². The molecule has 0 saturated carbocycles. The highest BCUT2D eigenvalue weighted by Crippen LogP contribution is 2.46. The van der Waals surface area contributed by atoms with Crippen LogP contribution in [0.1, 0.15) is 70.0 Å². The summed E-state index contributed by atoms with van der Waals surface area (Å²) >= 11 is 3.56. The summed E-state index contributed by atoms with van der Waals surface area (Å²) in [4.78, 5) is 24.2. The van der Waals surface area contributed by atoms with Crippen LogP contribution >= 0.6 is 23.5 Å². The summed E-state index contributed by atoms with van der Waals surface area (Å²) in [7, 11) is 1.46. The van der Waals surface area contributed by atoms with Gasteiger partial charge in [0, 0.05) is 67.8 Å². The number of pyridine rings is 2. The Morgan fingerprint density at radius 3 is 2.22 bits per heavy atom. The number of esters is 1. The normalized spacial score (nSPS) is 12.4. The van der Waals surface area contributed by atoms with Crippen molar-refractivity contribution in [1.29, 1.82) is 0 Å². The molecule has 0 N–H and O–H groups in total. The summed E-state index contributed by atoms with van der Waals surface area (Å²) in [6, 6.07) is 22.7. The van der Waals surface area contributed by atoms with Crippen molar-refractivity contribution >= 4 is 40.4 Å². The van der Waals surface area contributed by atoms with Gasteiger partial charge >= 0.3 is 12.1 Å². The maximum absolute atomic E-state index is 13.4. The second-order valence-electron chi connectivity index (χ2n) is 13.1. The van der Waals surface area contributed by atoms with E-state index in [1.54, 1.807) is 11.8 Å². The molecule has 0 atom stereocenters. The van der Waals surface area contributed by atoms with E-state index in [0.29, 0.717) is 31.5 Å². The number of ether oxygens (including phenoxy) is 1. The fourth-order valence-corrected chi connectivity index (χ4v) is 7.99. The first-order valence-corrected chi connectivity index (χ1v) is 18.1. The van der Waals surface area contributed by atoms with Crippen LogP contribution in [0.15, 0.2) is 95.0 Å². The lowest BCUT2D eigenvalue weighted by molar-refractivity contribution is -0.153. The minimum Gasteiger partial charge on any atom is -0.469 e. The molecule has 0 aliphatic heterocycles. The number of aromatic nitrogens is 3. The topological polar surface area (TPSA) is 57.0 Å². The Labute approximate surface area is 295 Å². The zero-order chi connectivity index (χ0) is 35.4. The van der Waals surface area contributed by atoms with Gasteiger partial charge in [-0.15, -0.1) is 23.5 Å². The van der Waals surface area contributed by atoms with Crippen LogP contribution in [0.5, 0.6) is 0 Å². The fraction of sp³-hybridized carbons (Fsp3) is 0.359. The van der Waals surface area contributed by atoms with Gasteiger partial charge in [0.15, 0.2) is 0 Å². The number of alkyl halides is 3. The molecule has 5 nitrogen and oxygen atoms in total. The maximum atomic E-state index is 13.4. The molecule has 2 aromatic carbocycles. The van der Waals surface area contributed by atoms with Crippen molar-refractivity contribution in [2.45, 2.75) is 86.9 Å². The van der Waals surface area contributed by atoms with Crippen LogP contribution in [0.3, 0.4) is 0 Å². The number of hydrogen-bond acceptors (Lipinski definition) is 6. The summed E-state index contributed by atoms with van der Waals surface area (Å²) in [6.07, 6.45) is 0.0354. The van der Waals surface area contributed by atoms with Gasteiger partial charge < -0.3 is 9.30 Å². The number of hydrogen-bond donors (Lipinski definition) is 0. The molecule has 0 aliphatic rings. The fourth-order valence-electron chi connectivity index (χ4n) is 5.96. The Morgan fingerprint density at radius 2 is 1.65 bits per heavy atom. The van der Waals surface area contributed by atoms with Crippen molar-refractivity contribution in [3.8, 4) is 11.3 Å². The number of benzene rings is 2. The van der Waals surface area contributed by atoms with E-state index in [0.717, 1.165) is 61.2 Å². The van der Waals surface area contributed by atoms with Crippen molar-refractivity contribution in [2.75, 3.05) is 7.11 Å². The Kier molecular flexibility index (Phi) is 11.2. The number of carbonyl (C=O) groups is 1. The third-order valence-electron chi connectivity index (χ3n) is 8.77. The number of rotatable bonds is 12. The number of halogens is 3. The lowest BCUT2D eigenvalue weighted by Crippen LogP contribution is -2.34. The third-order valence-corrected chi connectivity index (χ3v) is 11.1. The molecule has 10 heteroatoms. The van der Waals surface area contributed by atoms with Crippen molar-refractivity contribution in [3.05, 3.63) is 108 Å². The van der Waals surface area contributed by atoms with Gasteiger partial charge in [-0.1, -0.05) is 65.0 Å². The monoisotopic (exact) mass is 705 g/mol. The second kappa shape index (κ2) is 15.0. The summed E-state index contributed by atoms with van der Waals surface area (Å²) in [5.41, 5.74) is 3.93. The first-order chi connectivity index (χ1) is 23.3. The van der Waals surface area contributed by atoms with Crippen LogP contribution in [-0.2, 0) is 34.4 Å². The van der Waals surface area contributed by atoms with Crippen LogP contribution in [0.25, 0.3) is 22.2 Å². The number of nitrogens with zero attached hydrogens (tertiary/aromatic N) is 3. The minimum absolute atomic E-state index is 0.104. The molecule has 258 valence electrons. The van der Waals surface area contributed by atoms with Gasteiger partial charge in [0.2, 0.25) is 0 Å². The van der Waals surface area contributed by atoms with Gasteiger partial charge in [0.1, 0.15) is 0 Å². The molecule has 5 rings (SSSR count). The van der Waals surface area contributed by atoms with Crippen LogP contribution < -0.4 is 0 Å². The number of fused-ring (bicyclic) bond motifs is 1. The predicted molar refractivity (Wildman–Crippen MR) is 194 cm³/mol. The van der Waals surface area contributed by atoms with Gasteiger partial charge in [-0.2, -0.15) is 13.2 Å². The number of carbonyl (C=O) groups excluding carboxylic acids is 1. The largest absolute Gasteiger partial charge is 0.469 e. The number of thioether (sulfide) groups is 2. The van der Waals surface area contributed by atoms with E-state index in [9.17, 15) is 18.0 Å². The van der Waals surface area contributed by atoms with Gasteiger partial charge in [-0.05, 0) is 60.9 Å². The zero-order valence-corrected chi connectivity index (χ0v) is 30.4. The van der Waals surface area contributed by atoms with E-state index in [4.69, 9.17) is 4.74 Å². The first-order valence-electron chi connectivity index (χ1n) is 16.3. The first kappa shape index (κ1) is 36.5. The second-order valence-corrected chi connectivity index (χ2v) is 16.0. The molecule has 0 saturated heterocycles. The average Bonchev–Trinajstić information content (AvgIpc) is 3.35. The molecule has 0 spiro atoms. The molecule has 0 amide bonds. The SMILES string of the molecule is CCC(CC)(Cc1c(SC(C)(C)C)c2cc(SCc3ccccn3)ccc2n1Cc1ccc(-c2ccc(C(F)(F)F)cn2)cc1)C(=O)OC. The lowest BCUT2D eigenvalue weighted by Gasteiger charge is -2.30. The Morgan fingerprint density at radius 1 is 0.918 bits per heavy atom. The van der Waals surface area contributed by atoms with E-state index in [1.807, 2.05) is 74.3 Å². The summed E-state index contributed by atoms with van der Waals surface area (Å²) in [6.45, 7) is 11.2. The van der Waals surface area contributed by atoms with Gasteiger partial charge in [-0.3, -0.25) is 14.8 Å². The van der Waals surface area contributed by atoms with Crippen molar-refractivity contribution in [1.82, 2.24) is 14.5 Å². The Bertz CT molecular complexity index is 1880. The van der Waals surface area contributed by atoms with Crippen LogP contribution in [0.4, 0.5) is 13.2 Å². The van der Waals surface area contributed by atoms with Crippen LogP contribution in [-0.4, -0.2) is 32.4 Å². The Hall–Kier alpha value is -3.76. The van der Waals surface area contributed by atoms with Gasteiger partial charge in [0.25, 0.3) is 0 Å². The standard InChI is InChI=1S/C39H42F3N3O2S2/c1-7-38(8-2,36(46)47-6)22-34-35(49-37(3,4)5)31-21-30(48-25-29-11-9-10-20-43-29)17-19-33(31)45(34)24-26-12-14-27(15-13-26)32-18-16-28(23-44-32)39(40,41)42/h9-21,23H,7-8,22,24-25H2,1-6H3. The Balaban J connectivity index is 1.60. The van der Waals surface area contributed by atoms with Crippen molar-refractivity contribution in [3.63, 3.8) is 0 Å². The van der Waals surface area contributed by atoms with E-state index in [1.165, 1.54) is 13.2 Å². The quantitative estimate of drug-likeness (QED) is 0.0951. The molecule has 0 bridgehead atoms. The highest BCUT2D eigenvalue weighted by Gasteiger charge is 2.39. The molecule has 0 aliphatic carbocycles. The van der Waals surface area contributed by atoms with Crippen LogP contribution in [0.2, 0.25) is 0 Å². The highest BCUT2D eigenvalue weighted by molar-refractivity contribution is 8.01. The van der Waals surface area contributed by atoms with Crippen molar-refractivity contribution < 1.29 is 22.7 Å². The van der Waals surface area contributed by atoms with Gasteiger partial charge in [0.05, 0.1) is 29.5 Å². The molecule has 5 aromatic rings. The molecule has 3 heterocycles. The predicted octanol–water partition coefficient (Wildman–Crippen LogP) is 10.9. The molecular weight excluding hydrogens is 664 g/mol.